The van der Waals surface area contributed by atoms with Crippen LogP contribution in [0.1, 0.15) is 54.4 Å². The lowest BCUT2D eigenvalue weighted by molar-refractivity contribution is 0.0541. The van der Waals surface area contributed by atoms with Gasteiger partial charge in [0.05, 0.1) is 16.8 Å². The molecule has 2 aliphatic carbocycles. The Hall–Kier alpha value is -2.66. The first-order valence-corrected chi connectivity index (χ1v) is 10.6. The number of rotatable bonds is 4. The zero-order chi connectivity index (χ0) is 20.0. The van der Waals surface area contributed by atoms with E-state index in [-0.39, 0.29) is 17.6 Å². The van der Waals surface area contributed by atoms with Gasteiger partial charge in [0.2, 0.25) is 0 Å². The molecule has 3 aromatic rings. The number of carbonyl (C=O) groups is 1. The van der Waals surface area contributed by atoms with Crippen molar-refractivity contribution in [3.63, 3.8) is 0 Å². The summed E-state index contributed by atoms with van der Waals surface area (Å²) in [7, 11) is 0. The standard InChI is InChI=1S/C24H27N3O2/c1-15-14-26-22(20-10-13-25-21(15)20)16-2-4-17(5-3-16)23(28)27-19-8-6-18(7-9-19)24(29)11-12-24/h2-5,10,13-14,18-19,25,29H,6-9,11-12H2,1H3,(H,27,28). The zero-order valence-corrected chi connectivity index (χ0v) is 16.7. The van der Waals surface area contributed by atoms with Gasteiger partial charge in [0.1, 0.15) is 0 Å². The number of hydrogen-bond donors (Lipinski definition) is 3. The lowest BCUT2D eigenvalue weighted by Crippen LogP contribution is -2.39. The Bertz CT molecular complexity index is 1040. The van der Waals surface area contributed by atoms with Crippen LogP contribution in [0.3, 0.4) is 0 Å². The second-order valence-electron chi connectivity index (χ2n) is 8.76. The Morgan fingerprint density at radius 1 is 1.14 bits per heavy atom. The molecule has 2 saturated carbocycles. The summed E-state index contributed by atoms with van der Waals surface area (Å²) < 4.78 is 0. The second-order valence-corrected chi connectivity index (χ2v) is 8.76. The second kappa shape index (κ2) is 6.99. The molecule has 2 aliphatic rings. The number of amides is 1. The number of carbonyl (C=O) groups excluding carboxylic acids is 1. The molecule has 5 nitrogen and oxygen atoms in total. The summed E-state index contributed by atoms with van der Waals surface area (Å²) in [6, 6.07) is 9.95. The zero-order valence-electron chi connectivity index (χ0n) is 16.7. The number of aryl methyl sites for hydroxylation is 1. The van der Waals surface area contributed by atoms with Crippen molar-refractivity contribution in [3.8, 4) is 11.3 Å². The Morgan fingerprint density at radius 3 is 2.55 bits per heavy atom. The summed E-state index contributed by atoms with van der Waals surface area (Å²) in [5, 5.41) is 14.6. The molecule has 1 amide bonds. The smallest absolute Gasteiger partial charge is 0.251 e. The number of nitrogens with one attached hydrogen (secondary N) is 2. The first-order valence-electron chi connectivity index (χ1n) is 10.6. The summed E-state index contributed by atoms with van der Waals surface area (Å²) in [5.74, 6) is 0.399. The minimum atomic E-state index is -0.389. The molecular weight excluding hydrogens is 362 g/mol. The van der Waals surface area contributed by atoms with Gasteiger partial charge in [-0.05, 0) is 75.1 Å². The van der Waals surface area contributed by atoms with E-state index >= 15 is 0 Å². The van der Waals surface area contributed by atoms with Crippen LogP contribution in [0.2, 0.25) is 0 Å². The highest BCUT2D eigenvalue weighted by Gasteiger charge is 2.48. The van der Waals surface area contributed by atoms with Crippen molar-refractivity contribution in [1.82, 2.24) is 15.3 Å². The maximum Gasteiger partial charge on any atom is 0.251 e. The molecule has 1 aromatic carbocycles. The molecule has 0 atom stereocenters. The van der Waals surface area contributed by atoms with Gasteiger partial charge in [-0.2, -0.15) is 0 Å². The molecule has 2 heterocycles. The number of fused-ring (bicyclic) bond motifs is 1. The highest BCUT2D eigenvalue weighted by atomic mass is 16.3. The molecule has 150 valence electrons. The number of benzene rings is 1. The van der Waals surface area contributed by atoms with Crippen LogP contribution in [0, 0.1) is 12.8 Å². The summed E-state index contributed by atoms with van der Waals surface area (Å²) in [6.45, 7) is 2.04. The average Bonchev–Trinajstić information content (AvgIpc) is 3.29. The maximum absolute atomic E-state index is 12.7. The van der Waals surface area contributed by atoms with Crippen molar-refractivity contribution in [2.24, 2.45) is 5.92 Å². The first-order chi connectivity index (χ1) is 14.0. The number of aromatic amines is 1. The van der Waals surface area contributed by atoms with E-state index in [9.17, 15) is 9.90 Å². The van der Waals surface area contributed by atoms with E-state index in [1.54, 1.807) is 0 Å². The van der Waals surface area contributed by atoms with E-state index < -0.39 is 0 Å². The average molecular weight is 389 g/mol. The summed E-state index contributed by atoms with van der Waals surface area (Å²) in [6.07, 6.45) is 9.63. The summed E-state index contributed by atoms with van der Waals surface area (Å²) in [5.41, 5.74) is 4.44. The van der Waals surface area contributed by atoms with Gasteiger partial charge < -0.3 is 15.4 Å². The number of hydrogen-bond acceptors (Lipinski definition) is 3. The van der Waals surface area contributed by atoms with Crippen molar-refractivity contribution in [3.05, 3.63) is 53.9 Å². The normalized spacial score (nSPS) is 23.1. The molecule has 0 unspecified atom stereocenters. The number of aliphatic hydroxyl groups is 1. The number of nitrogens with zero attached hydrogens (tertiary/aromatic N) is 1. The van der Waals surface area contributed by atoms with Crippen LogP contribution in [0.15, 0.2) is 42.7 Å². The summed E-state index contributed by atoms with van der Waals surface area (Å²) >= 11 is 0. The highest BCUT2D eigenvalue weighted by Crippen LogP contribution is 2.48. The quantitative estimate of drug-likeness (QED) is 0.621. The summed E-state index contributed by atoms with van der Waals surface area (Å²) in [4.78, 5) is 20.6. The van der Waals surface area contributed by atoms with Crippen LogP contribution < -0.4 is 5.32 Å². The molecular formula is C24H27N3O2. The van der Waals surface area contributed by atoms with E-state index in [1.165, 1.54) is 0 Å². The highest BCUT2D eigenvalue weighted by molar-refractivity contribution is 5.97. The minimum Gasteiger partial charge on any atom is -0.390 e. The van der Waals surface area contributed by atoms with Gasteiger partial charge in [-0.15, -0.1) is 0 Å². The topological polar surface area (TPSA) is 78.0 Å². The largest absolute Gasteiger partial charge is 0.390 e. The van der Waals surface area contributed by atoms with Crippen molar-refractivity contribution in [1.29, 1.82) is 0 Å². The minimum absolute atomic E-state index is 0.0196. The van der Waals surface area contributed by atoms with Gasteiger partial charge in [-0.1, -0.05) is 12.1 Å². The molecule has 0 bridgehead atoms. The Morgan fingerprint density at radius 2 is 1.86 bits per heavy atom. The van der Waals surface area contributed by atoms with Crippen molar-refractivity contribution in [2.45, 2.75) is 57.1 Å². The lowest BCUT2D eigenvalue weighted by atomic mass is 9.81. The van der Waals surface area contributed by atoms with Gasteiger partial charge in [0.15, 0.2) is 0 Å². The van der Waals surface area contributed by atoms with Gasteiger partial charge >= 0.3 is 0 Å². The SMILES string of the molecule is Cc1cnc(-c2ccc(C(=O)NC3CCC(C4(O)CC4)CC3)cc2)c2cc[nH]c12. The fourth-order valence-corrected chi connectivity index (χ4v) is 4.78. The molecule has 0 radical (unpaired) electrons. The van der Waals surface area contributed by atoms with Crippen LogP contribution in [-0.4, -0.2) is 32.6 Å². The number of pyridine rings is 1. The molecule has 5 heteroatoms. The third kappa shape index (κ3) is 3.44. The van der Waals surface area contributed by atoms with Gasteiger partial charge in [-0.3, -0.25) is 9.78 Å². The first kappa shape index (κ1) is 18.4. The van der Waals surface area contributed by atoms with Crippen LogP contribution in [0.5, 0.6) is 0 Å². The molecule has 3 N–H and O–H groups in total. The third-order valence-electron chi connectivity index (χ3n) is 6.79. The predicted octanol–water partition coefficient (Wildman–Crippen LogP) is 4.35. The predicted molar refractivity (Wildman–Crippen MR) is 114 cm³/mol. The van der Waals surface area contributed by atoms with E-state index in [0.717, 1.165) is 66.2 Å². The fourth-order valence-electron chi connectivity index (χ4n) is 4.78. The number of aromatic nitrogens is 2. The van der Waals surface area contributed by atoms with Crippen LogP contribution in [-0.2, 0) is 0 Å². The van der Waals surface area contributed by atoms with Gasteiger partial charge in [0, 0.05) is 34.9 Å². The third-order valence-corrected chi connectivity index (χ3v) is 6.79. The maximum atomic E-state index is 12.7. The monoisotopic (exact) mass is 389 g/mol. The Kier molecular flexibility index (Phi) is 4.43. The molecule has 29 heavy (non-hydrogen) atoms. The fraction of sp³-hybridized carbons (Fsp3) is 0.417. The molecule has 0 spiro atoms. The van der Waals surface area contributed by atoms with E-state index in [1.807, 2.05) is 49.6 Å². The van der Waals surface area contributed by atoms with E-state index in [0.29, 0.717) is 11.5 Å². The molecule has 0 aliphatic heterocycles. The van der Waals surface area contributed by atoms with Gasteiger partial charge in [-0.25, -0.2) is 0 Å². The molecule has 5 rings (SSSR count). The van der Waals surface area contributed by atoms with Crippen molar-refractivity contribution < 1.29 is 9.90 Å². The Balaban J connectivity index is 1.26. The van der Waals surface area contributed by atoms with Crippen LogP contribution >= 0.6 is 0 Å². The molecule has 0 saturated heterocycles. The van der Waals surface area contributed by atoms with Crippen molar-refractivity contribution in [2.75, 3.05) is 0 Å². The van der Waals surface area contributed by atoms with Crippen molar-refractivity contribution >= 4 is 16.8 Å². The van der Waals surface area contributed by atoms with Crippen LogP contribution in [0.25, 0.3) is 22.2 Å². The molecule has 2 aromatic heterocycles. The Labute approximate surface area is 170 Å². The van der Waals surface area contributed by atoms with Crippen LogP contribution in [0.4, 0.5) is 0 Å². The van der Waals surface area contributed by atoms with E-state index in [2.05, 4.69) is 15.3 Å². The van der Waals surface area contributed by atoms with Gasteiger partial charge in [0.25, 0.3) is 5.91 Å². The number of H-pyrrole nitrogens is 1. The van der Waals surface area contributed by atoms with E-state index in [4.69, 9.17) is 0 Å². The lowest BCUT2D eigenvalue weighted by Gasteiger charge is -2.32. The molecule has 2 fully saturated rings.